The van der Waals surface area contributed by atoms with E-state index in [1.54, 1.807) is 19.9 Å². The average Bonchev–Trinajstić information content (AvgIpc) is 3.10. The van der Waals surface area contributed by atoms with Crippen LogP contribution in [0.25, 0.3) is 5.57 Å². The Hall–Kier alpha value is -3.55. The number of hydrogen-bond acceptors (Lipinski definition) is 4. The van der Waals surface area contributed by atoms with Crippen molar-refractivity contribution in [3.63, 3.8) is 0 Å². The van der Waals surface area contributed by atoms with Crippen molar-refractivity contribution in [1.29, 1.82) is 0 Å². The molecule has 0 unspecified atom stereocenters. The molecule has 1 aromatic carbocycles. The van der Waals surface area contributed by atoms with Crippen molar-refractivity contribution in [3.05, 3.63) is 77.0 Å². The van der Waals surface area contributed by atoms with Crippen molar-refractivity contribution in [3.8, 4) is 0 Å². The van der Waals surface area contributed by atoms with Crippen LogP contribution in [0.1, 0.15) is 29.8 Å². The minimum absolute atomic E-state index is 0.179. The van der Waals surface area contributed by atoms with Crippen LogP contribution in [0.5, 0.6) is 0 Å². The maximum atomic E-state index is 13.4. The summed E-state index contributed by atoms with van der Waals surface area (Å²) in [5.41, 5.74) is 0.817. The van der Waals surface area contributed by atoms with Crippen LogP contribution in [0.15, 0.2) is 54.1 Å². The van der Waals surface area contributed by atoms with Crippen LogP contribution >= 0.6 is 0 Å². The lowest BCUT2D eigenvalue weighted by atomic mass is 10.0. The van der Waals surface area contributed by atoms with Gasteiger partial charge in [0.25, 0.3) is 11.8 Å². The fraction of sp³-hybridized carbons (Fsp3) is 0.150. The molecule has 0 atom stereocenters. The molecule has 2 N–H and O–H groups in total. The highest BCUT2D eigenvalue weighted by molar-refractivity contribution is 6.32. The van der Waals surface area contributed by atoms with E-state index in [-0.39, 0.29) is 16.9 Å². The van der Waals surface area contributed by atoms with Crippen LogP contribution < -0.4 is 10.6 Å². The molecule has 1 aromatic heterocycles. The van der Waals surface area contributed by atoms with E-state index in [2.05, 4.69) is 15.6 Å². The van der Waals surface area contributed by atoms with E-state index >= 15 is 0 Å². The first-order valence-electron chi connectivity index (χ1n) is 8.44. The third-order valence-corrected chi connectivity index (χ3v) is 4.50. The van der Waals surface area contributed by atoms with Crippen LogP contribution in [0.4, 0.5) is 14.5 Å². The molecule has 6 nitrogen and oxygen atoms in total. The number of nitrogens with zero attached hydrogens (tertiary/aromatic N) is 1. The van der Waals surface area contributed by atoms with Crippen LogP contribution in [0.3, 0.4) is 0 Å². The van der Waals surface area contributed by atoms with Gasteiger partial charge < -0.3 is 15.4 Å². The highest BCUT2D eigenvalue weighted by atomic mass is 19.1. The third kappa shape index (κ3) is 3.02. The molecule has 0 spiro atoms. The van der Waals surface area contributed by atoms with Gasteiger partial charge in [-0.1, -0.05) is 0 Å². The number of carbonyl (C=O) groups excluding carboxylic acids is 2. The van der Waals surface area contributed by atoms with Crippen molar-refractivity contribution >= 4 is 23.1 Å². The molecule has 0 fully saturated rings. The molecule has 0 radical (unpaired) electrons. The number of amides is 2. The number of nitrogens with one attached hydrogen (secondary N) is 2. The Bertz CT molecular complexity index is 1070. The van der Waals surface area contributed by atoms with Gasteiger partial charge in [-0.15, -0.1) is 0 Å². The number of rotatable bonds is 2. The lowest BCUT2D eigenvalue weighted by Gasteiger charge is -2.23. The summed E-state index contributed by atoms with van der Waals surface area (Å²) in [6, 6.07) is 6.39. The Morgan fingerprint density at radius 1 is 1.21 bits per heavy atom. The second-order valence-corrected chi connectivity index (χ2v) is 6.88. The third-order valence-electron chi connectivity index (χ3n) is 4.50. The summed E-state index contributed by atoms with van der Waals surface area (Å²) in [4.78, 5) is 28.3. The molecule has 28 heavy (non-hydrogen) atoms. The Morgan fingerprint density at radius 2 is 2.00 bits per heavy atom. The van der Waals surface area contributed by atoms with Crippen LogP contribution in [-0.2, 0) is 9.53 Å². The van der Waals surface area contributed by atoms with Crippen molar-refractivity contribution in [2.24, 2.45) is 0 Å². The smallest absolute Gasteiger partial charge is 0.260 e. The number of carbonyl (C=O) groups is 2. The molecule has 4 rings (SSSR count). The molecule has 142 valence electrons. The monoisotopic (exact) mass is 383 g/mol. The molecule has 8 heteroatoms. The highest BCUT2D eigenvalue weighted by Gasteiger charge is 2.38. The molecular formula is C20H15F2N3O3. The number of ether oxygens (including phenoxy) is 1. The Morgan fingerprint density at radius 3 is 2.71 bits per heavy atom. The van der Waals surface area contributed by atoms with Gasteiger partial charge in [-0.2, -0.15) is 4.39 Å². The van der Waals surface area contributed by atoms with Gasteiger partial charge in [0.05, 0.1) is 22.5 Å². The quantitative estimate of drug-likeness (QED) is 0.617. The van der Waals surface area contributed by atoms with Gasteiger partial charge in [-0.3, -0.25) is 9.59 Å². The number of pyridine rings is 1. The zero-order valence-corrected chi connectivity index (χ0v) is 15.0. The molecular weight excluding hydrogens is 368 g/mol. The number of fused-ring (bicyclic) bond motifs is 1. The normalized spacial score (nSPS) is 19.6. The molecule has 0 saturated carbocycles. The largest absolute Gasteiger partial charge is 0.481 e. The number of aromatic nitrogens is 1. The number of halogens is 2. The van der Waals surface area contributed by atoms with E-state index in [9.17, 15) is 18.4 Å². The summed E-state index contributed by atoms with van der Waals surface area (Å²) < 4.78 is 32.3. The fourth-order valence-electron chi connectivity index (χ4n) is 3.07. The lowest BCUT2D eigenvalue weighted by Crippen LogP contribution is -2.34. The minimum atomic E-state index is -0.922. The van der Waals surface area contributed by atoms with Crippen molar-refractivity contribution in [2.75, 3.05) is 5.32 Å². The summed E-state index contributed by atoms with van der Waals surface area (Å²) in [7, 11) is 0. The Labute approximate surface area is 158 Å². The molecule has 2 amide bonds. The van der Waals surface area contributed by atoms with Crippen LogP contribution in [-0.4, -0.2) is 22.4 Å². The molecule has 0 aliphatic carbocycles. The second-order valence-electron chi connectivity index (χ2n) is 6.88. The van der Waals surface area contributed by atoms with Gasteiger partial charge >= 0.3 is 0 Å². The molecule has 2 aliphatic rings. The van der Waals surface area contributed by atoms with Gasteiger partial charge in [0.2, 0.25) is 5.95 Å². The molecule has 3 heterocycles. The van der Waals surface area contributed by atoms with E-state index in [1.165, 1.54) is 24.3 Å². The molecule has 2 aliphatic heterocycles. The van der Waals surface area contributed by atoms with Crippen molar-refractivity contribution < 1.29 is 23.1 Å². The molecule has 2 aromatic rings. The zero-order chi connectivity index (χ0) is 20.1. The summed E-state index contributed by atoms with van der Waals surface area (Å²) >= 11 is 0. The van der Waals surface area contributed by atoms with Gasteiger partial charge in [0, 0.05) is 17.8 Å². The van der Waals surface area contributed by atoms with E-state index < -0.39 is 29.2 Å². The summed E-state index contributed by atoms with van der Waals surface area (Å²) in [5.74, 6) is -1.79. The SMILES string of the molecule is CC1(C)O/C(=C2/C(=O)Nc3cc(F)ccc32)C=C1NC(=O)c1ccc(F)nc1. The predicted octanol–water partition coefficient (Wildman–Crippen LogP) is 3.15. The Kier molecular flexibility index (Phi) is 3.99. The van der Waals surface area contributed by atoms with Gasteiger partial charge in [0.15, 0.2) is 0 Å². The number of allylic oxidation sites excluding steroid dienone is 1. The first-order valence-corrected chi connectivity index (χ1v) is 8.44. The van der Waals surface area contributed by atoms with Gasteiger partial charge in [-0.05, 0) is 44.2 Å². The van der Waals surface area contributed by atoms with E-state index in [0.29, 0.717) is 16.9 Å². The maximum Gasteiger partial charge on any atom is 0.260 e. The number of anilines is 1. The van der Waals surface area contributed by atoms with Crippen LogP contribution in [0.2, 0.25) is 0 Å². The first kappa shape index (κ1) is 17.8. The Balaban J connectivity index is 1.69. The standard InChI is InChI=1S/C20H15F2N3O3/c1-20(2)15(25-18(26)10-3-6-16(22)23-9-10)8-14(28-20)17-12-5-4-11(21)7-13(12)24-19(17)27/h3-9H,1-2H3,(H,24,27)(H,25,26)/b17-14+. The number of hydrogen-bond donors (Lipinski definition) is 2. The number of benzene rings is 1. The van der Waals surface area contributed by atoms with E-state index in [0.717, 1.165) is 12.3 Å². The average molecular weight is 383 g/mol. The topological polar surface area (TPSA) is 80.3 Å². The maximum absolute atomic E-state index is 13.4. The second kappa shape index (κ2) is 6.26. The van der Waals surface area contributed by atoms with Crippen molar-refractivity contribution in [2.45, 2.75) is 19.4 Å². The van der Waals surface area contributed by atoms with Crippen molar-refractivity contribution in [1.82, 2.24) is 10.3 Å². The summed E-state index contributed by atoms with van der Waals surface area (Å²) in [6.45, 7) is 3.46. The first-order chi connectivity index (χ1) is 13.2. The zero-order valence-electron chi connectivity index (χ0n) is 15.0. The molecule has 0 saturated heterocycles. The summed E-state index contributed by atoms with van der Waals surface area (Å²) in [6.07, 6.45) is 2.69. The lowest BCUT2D eigenvalue weighted by molar-refractivity contribution is -0.111. The van der Waals surface area contributed by atoms with E-state index in [1.807, 2.05) is 0 Å². The molecule has 0 bridgehead atoms. The van der Waals surface area contributed by atoms with Gasteiger partial charge in [-0.25, -0.2) is 9.37 Å². The summed E-state index contributed by atoms with van der Waals surface area (Å²) in [5, 5.41) is 5.32. The van der Waals surface area contributed by atoms with E-state index in [4.69, 9.17) is 4.74 Å². The van der Waals surface area contributed by atoms with Gasteiger partial charge in [0.1, 0.15) is 17.2 Å². The van der Waals surface area contributed by atoms with Crippen LogP contribution in [0, 0.1) is 11.8 Å². The predicted molar refractivity (Wildman–Crippen MR) is 96.9 cm³/mol. The fourth-order valence-corrected chi connectivity index (χ4v) is 3.07. The minimum Gasteiger partial charge on any atom is -0.481 e. The highest BCUT2D eigenvalue weighted by Crippen LogP contribution is 2.40.